The van der Waals surface area contributed by atoms with Gasteiger partial charge in [0.1, 0.15) is 0 Å². The molecule has 0 fully saturated rings. The molecule has 2 aromatic heterocycles. The number of para-hydroxylation sites is 1. The van der Waals surface area contributed by atoms with Crippen LogP contribution in [0, 0.1) is 0 Å². The molecule has 0 saturated heterocycles. The lowest BCUT2D eigenvalue weighted by Crippen LogP contribution is -2.10. The monoisotopic (exact) mass is 395 g/mol. The molecule has 0 amide bonds. The van der Waals surface area contributed by atoms with E-state index in [1.54, 1.807) is 16.0 Å². The van der Waals surface area contributed by atoms with Crippen LogP contribution < -0.4 is 0 Å². The first kappa shape index (κ1) is 17.3. The van der Waals surface area contributed by atoms with Crippen molar-refractivity contribution in [3.05, 3.63) is 81.4 Å². The highest BCUT2D eigenvalue weighted by Gasteiger charge is 2.24. The van der Waals surface area contributed by atoms with Crippen LogP contribution in [0.15, 0.2) is 59.7 Å². The van der Waals surface area contributed by atoms with Gasteiger partial charge in [-0.2, -0.15) is 0 Å². The van der Waals surface area contributed by atoms with Gasteiger partial charge in [-0.05, 0) is 85.9 Å². The molecule has 2 heterocycles. The molecule has 0 unspecified atom stereocenters. The van der Waals surface area contributed by atoms with Gasteiger partial charge >= 0.3 is 0 Å². The fourth-order valence-corrected chi connectivity index (χ4v) is 6.49. The largest absolute Gasteiger partial charge is 0.341 e. The number of nitrogens with zero attached hydrogens (tertiary/aromatic N) is 1. The number of rotatable bonds is 2. The Morgan fingerprint density at radius 1 is 0.759 bits per heavy atom. The summed E-state index contributed by atoms with van der Waals surface area (Å²) in [6, 6.07) is 18.3. The SMILES string of the molecule is CC(C)n1c2c(c3ccccc31)C=C(C1=Cc3c(sc4ccccc34)CC1)CC2. The Morgan fingerprint density at radius 2 is 1.45 bits per heavy atom. The van der Waals surface area contributed by atoms with Crippen LogP contribution in [0.3, 0.4) is 0 Å². The molecule has 0 radical (unpaired) electrons. The minimum absolute atomic E-state index is 0.493. The summed E-state index contributed by atoms with van der Waals surface area (Å²) in [5.74, 6) is 0. The Hall–Kier alpha value is -2.58. The third kappa shape index (κ3) is 2.59. The number of aromatic nitrogens is 1. The van der Waals surface area contributed by atoms with Crippen LogP contribution in [-0.4, -0.2) is 4.57 Å². The molecule has 2 heteroatoms. The summed E-state index contributed by atoms with van der Waals surface area (Å²) < 4.78 is 3.98. The van der Waals surface area contributed by atoms with Gasteiger partial charge in [0, 0.05) is 37.8 Å². The Morgan fingerprint density at radius 3 is 2.28 bits per heavy atom. The first-order chi connectivity index (χ1) is 14.2. The van der Waals surface area contributed by atoms with E-state index in [-0.39, 0.29) is 0 Å². The van der Waals surface area contributed by atoms with E-state index in [4.69, 9.17) is 0 Å². The number of benzene rings is 2. The maximum Gasteiger partial charge on any atom is 0.0491 e. The van der Waals surface area contributed by atoms with E-state index in [0.29, 0.717) is 6.04 Å². The second-order valence-electron chi connectivity index (χ2n) is 8.62. The molecule has 144 valence electrons. The molecule has 0 N–H and O–H groups in total. The average molecular weight is 396 g/mol. The van der Waals surface area contributed by atoms with Gasteiger partial charge in [0.05, 0.1) is 0 Å². The smallest absolute Gasteiger partial charge is 0.0491 e. The maximum absolute atomic E-state index is 2.55. The zero-order chi connectivity index (χ0) is 19.5. The Kier molecular flexibility index (Phi) is 3.86. The molecule has 0 spiro atoms. The molecule has 4 aromatic rings. The van der Waals surface area contributed by atoms with Crippen molar-refractivity contribution < 1.29 is 0 Å². The van der Waals surface area contributed by atoms with Crippen molar-refractivity contribution in [1.82, 2.24) is 4.57 Å². The maximum atomic E-state index is 2.55. The minimum Gasteiger partial charge on any atom is -0.341 e. The molecule has 0 bridgehead atoms. The van der Waals surface area contributed by atoms with E-state index in [0.717, 1.165) is 12.8 Å². The van der Waals surface area contributed by atoms with Gasteiger partial charge in [-0.1, -0.05) is 36.4 Å². The predicted octanol–water partition coefficient (Wildman–Crippen LogP) is 7.80. The van der Waals surface area contributed by atoms with Crippen LogP contribution in [0.25, 0.3) is 33.1 Å². The van der Waals surface area contributed by atoms with Gasteiger partial charge in [0.15, 0.2) is 0 Å². The number of fused-ring (bicyclic) bond motifs is 6. The molecule has 1 nitrogen and oxygen atoms in total. The number of hydrogen-bond acceptors (Lipinski definition) is 1. The summed E-state index contributed by atoms with van der Waals surface area (Å²) in [4.78, 5) is 1.56. The van der Waals surface area contributed by atoms with Gasteiger partial charge in [-0.25, -0.2) is 0 Å². The number of aryl methyl sites for hydroxylation is 1. The van der Waals surface area contributed by atoms with Crippen LogP contribution in [0.2, 0.25) is 0 Å². The van der Waals surface area contributed by atoms with Crippen LogP contribution >= 0.6 is 11.3 Å². The summed E-state index contributed by atoms with van der Waals surface area (Å²) in [6.07, 6.45) is 9.64. The topological polar surface area (TPSA) is 4.93 Å². The van der Waals surface area contributed by atoms with Gasteiger partial charge in [0.25, 0.3) is 0 Å². The molecular formula is C27H25NS. The standard InChI is InChI=1S/C27H25NS/c1-17(2)28-24-9-5-3-7-20(24)22-15-18(11-13-25(22)28)19-12-14-27-23(16-19)21-8-4-6-10-26(21)29-27/h3-10,15-17H,11-14H2,1-2H3. The van der Waals surface area contributed by atoms with Crippen molar-refractivity contribution >= 4 is 44.5 Å². The van der Waals surface area contributed by atoms with E-state index in [1.165, 1.54) is 50.7 Å². The number of allylic oxidation sites excluding steroid dienone is 2. The fraction of sp³-hybridized carbons (Fsp3) is 0.259. The van der Waals surface area contributed by atoms with Crippen LogP contribution in [0.4, 0.5) is 0 Å². The molecule has 6 rings (SSSR count). The van der Waals surface area contributed by atoms with Crippen molar-refractivity contribution in [2.75, 3.05) is 0 Å². The first-order valence-electron chi connectivity index (χ1n) is 10.7. The number of thiophene rings is 1. The third-order valence-corrected chi connectivity index (χ3v) is 7.83. The Labute approximate surface area is 176 Å². The van der Waals surface area contributed by atoms with Crippen molar-refractivity contribution in [1.29, 1.82) is 0 Å². The van der Waals surface area contributed by atoms with Gasteiger partial charge < -0.3 is 4.57 Å². The summed E-state index contributed by atoms with van der Waals surface area (Å²) in [7, 11) is 0. The molecule has 2 aliphatic carbocycles. The summed E-state index contributed by atoms with van der Waals surface area (Å²) in [6.45, 7) is 4.61. The molecule has 2 aliphatic rings. The summed E-state index contributed by atoms with van der Waals surface area (Å²) in [5.41, 5.74) is 8.93. The van der Waals surface area contributed by atoms with Gasteiger partial charge in [0.2, 0.25) is 0 Å². The minimum atomic E-state index is 0.493. The lowest BCUT2D eigenvalue weighted by molar-refractivity contribution is 0.590. The average Bonchev–Trinajstić information content (AvgIpc) is 3.28. The molecule has 0 atom stereocenters. The highest BCUT2D eigenvalue weighted by atomic mass is 32.1. The third-order valence-electron chi connectivity index (χ3n) is 6.58. The van der Waals surface area contributed by atoms with E-state index in [1.807, 2.05) is 11.3 Å². The lowest BCUT2D eigenvalue weighted by Gasteiger charge is -2.22. The molecule has 29 heavy (non-hydrogen) atoms. The fourth-order valence-electron chi connectivity index (χ4n) is 5.31. The highest BCUT2D eigenvalue weighted by Crippen LogP contribution is 2.42. The van der Waals surface area contributed by atoms with Crippen molar-refractivity contribution in [2.24, 2.45) is 0 Å². The van der Waals surface area contributed by atoms with Crippen molar-refractivity contribution in [3.63, 3.8) is 0 Å². The van der Waals surface area contributed by atoms with E-state index in [9.17, 15) is 0 Å². The van der Waals surface area contributed by atoms with Crippen molar-refractivity contribution in [3.8, 4) is 0 Å². The van der Waals surface area contributed by atoms with E-state index >= 15 is 0 Å². The second-order valence-corrected chi connectivity index (χ2v) is 9.75. The number of hydrogen-bond donors (Lipinski definition) is 0. The normalized spacial score (nSPS) is 16.1. The first-order valence-corrected chi connectivity index (χ1v) is 11.6. The predicted molar refractivity (Wildman–Crippen MR) is 127 cm³/mol. The molecule has 0 saturated carbocycles. The van der Waals surface area contributed by atoms with Crippen LogP contribution in [-0.2, 0) is 12.8 Å². The summed E-state index contributed by atoms with van der Waals surface area (Å²) >= 11 is 1.98. The highest BCUT2D eigenvalue weighted by molar-refractivity contribution is 7.19. The van der Waals surface area contributed by atoms with E-state index < -0.39 is 0 Å². The summed E-state index contributed by atoms with van der Waals surface area (Å²) in [5, 5.41) is 2.84. The van der Waals surface area contributed by atoms with Crippen molar-refractivity contribution in [2.45, 2.75) is 45.6 Å². The second kappa shape index (κ2) is 6.47. The van der Waals surface area contributed by atoms with Gasteiger partial charge in [-0.15, -0.1) is 11.3 Å². The van der Waals surface area contributed by atoms with Gasteiger partial charge in [-0.3, -0.25) is 0 Å². The quantitative estimate of drug-likeness (QED) is 0.326. The molecule has 0 aliphatic heterocycles. The van der Waals surface area contributed by atoms with E-state index in [2.05, 4.69) is 79.1 Å². The van der Waals surface area contributed by atoms with Crippen LogP contribution in [0.5, 0.6) is 0 Å². The lowest BCUT2D eigenvalue weighted by atomic mass is 9.85. The Balaban J connectivity index is 1.51. The molecular weight excluding hydrogens is 370 g/mol. The zero-order valence-electron chi connectivity index (χ0n) is 17.0. The van der Waals surface area contributed by atoms with Crippen LogP contribution in [0.1, 0.15) is 54.4 Å². The Bertz CT molecular complexity index is 1330. The zero-order valence-corrected chi connectivity index (χ0v) is 17.9. The molecule has 2 aromatic carbocycles.